The Bertz CT molecular complexity index is 955. The lowest BCUT2D eigenvalue weighted by atomic mass is 9.97. The first-order valence-corrected chi connectivity index (χ1v) is 15.6. The zero-order valence-corrected chi connectivity index (χ0v) is 25.7. The number of hydrogen-bond donors (Lipinski definition) is 5. The molecule has 1 rings (SSSR count). The SMILES string of the molecule is [B]C(=O)CCCCCSCNC(=O)C(C)NC(=O)C(C)NC(=O)C(C)NC(=O)CCCCCN1C(=O)CC(S)C1=O. The third kappa shape index (κ3) is 14.8. The van der Waals surface area contributed by atoms with Crippen LogP contribution in [0.25, 0.3) is 0 Å². The highest BCUT2D eigenvalue weighted by Crippen LogP contribution is 2.18. The molecule has 1 heterocycles. The second-order valence-electron chi connectivity index (χ2n) is 10.0. The number of likely N-dealkylation sites (tertiary alicyclic amines) is 1. The van der Waals surface area contributed by atoms with E-state index in [1.54, 1.807) is 0 Å². The lowest BCUT2D eigenvalue weighted by Gasteiger charge is -2.20. The summed E-state index contributed by atoms with van der Waals surface area (Å²) in [7, 11) is 5.09. The fourth-order valence-electron chi connectivity index (χ4n) is 3.85. The Morgan fingerprint density at radius 2 is 1.41 bits per heavy atom. The van der Waals surface area contributed by atoms with Crippen LogP contribution in [0.15, 0.2) is 0 Å². The van der Waals surface area contributed by atoms with Crippen LogP contribution in [0, 0.1) is 0 Å². The minimum absolute atomic E-state index is 0.113. The number of amides is 6. The van der Waals surface area contributed by atoms with Crippen molar-refractivity contribution in [1.29, 1.82) is 0 Å². The summed E-state index contributed by atoms with van der Waals surface area (Å²) in [6, 6.07) is -2.62. The van der Waals surface area contributed by atoms with Gasteiger partial charge in [0, 0.05) is 19.4 Å². The van der Waals surface area contributed by atoms with Crippen LogP contribution in [0.2, 0.25) is 0 Å². The quantitative estimate of drug-likeness (QED) is 0.0427. The van der Waals surface area contributed by atoms with Gasteiger partial charge < -0.3 is 26.1 Å². The Balaban J connectivity index is 2.21. The number of nitrogens with zero attached hydrogens (tertiary/aromatic N) is 1. The van der Waals surface area contributed by atoms with Crippen molar-refractivity contribution in [2.75, 3.05) is 18.2 Å². The van der Waals surface area contributed by atoms with Crippen LogP contribution < -0.4 is 21.3 Å². The fraction of sp³-hybridized carbons (Fsp3) is 0.731. The van der Waals surface area contributed by atoms with E-state index in [9.17, 15) is 33.6 Å². The maximum atomic E-state index is 12.4. The van der Waals surface area contributed by atoms with E-state index in [-0.39, 0.29) is 42.2 Å². The Hall–Kier alpha value is -2.55. The van der Waals surface area contributed by atoms with Gasteiger partial charge in [-0.05, 0) is 58.6 Å². The molecular weight excluding hydrogens is 569 g/mol. The minimum Gasteiger partial charge on any atom is -0.345 e. The van der Waals surface area contributed by atoms with E-state index in [4.69, 9.17) is 7.85 Å². The number of thioether (sulfide) groups is 1. The Kier molecular flexibility index (Phi) is 17.4. The van der Waals surface area contributed by atoms with Crippen molar-refractivity contribution in [2.24, 2.45) is 0 Å². The zero-order chi connectivity index (χ0) is 30.9. The standard InChI is InChI=1S/C26H42BN5O7S2/c1-16(23(36)28-15-41-13-9-5-6-10-20(27)33)30-25(38)18(3)31-24(37)17(2)29-21(34)11-7-4-8-12-32-22(35)14-19(40)26(32)39/h16-19,40H,4-15H2,1-3H3,(H,28,36)(H,29,34)(H,30,38)(H,31,37). The first-order valence-electron chi connectivity index (χ1n) is 13.9. The molecule has 0 spiro atoms. The summed E-state index contributed by atoms with van der Waals surface area (Å²) < 4.78 is 0. The normalized spacial score (nSPS) is 17.0. The number of thiol groups is 1. The average Bonchev–Trinajstić information content (AvgIpc) is 3.14. The molecule has 0 aromatic heterocycles. The summed E-state index contributed by atoms with van der Waals surface area (Å²) in [4.78, 5) is 84.8. The van der Waals surface area contributed by atoms with Crippen LogP contribution in [0.5, 0.6) is 0 Å². The van der Waals surface area contributed by atoms with Gasteiger partial charge in [-0.15, -0.1) is 11.8 Å². The summed E-state index contributed by atoms with van der Waals surface area (Å²) in [5.74, 6) is -1.09. The zero-order valence-electron chi connectivity index (χ0n) is 24.0. The lowest BCUT2D eigenvalue weighted by Crippen LogP contribution is -2.54. The molecule has 1 saturated heterocycles. The number of hydrogen-bond acceptors (Lipinski definition) is 9. The van der Waals surface area contributed by atoms with E-state index in [2.05, 4.69) is 33.9 Å². The molecule has 41 heavy (non-hydrogen) atoms. The summed E-state index contributed by atoms with van der Waals surface area (Å²) >= 11 is 5.61. The van der Waals surface area contributed by atoms with Crippen molar-refractivity contribution in [3.63, 3.8) is 0 Å². The van der Waals surface area contributed by atoms with Crippen LogP contribution in [-0.2, 0) is 33.6 Å². The van der Waals surface area contributed by atoms with Gasteiger partial charge in [0.15, 0.2) is 7.85 Å². The molecule has 1 fully saturated rings. The van der Waals surface area contributed by atoms with Gasteiger partial charge in [0.05, 0.1) is 16.8 Å². The first-order chi connectivity index (χ1) is 19.3. The lowest BCUT2D eigenvalue weighted by molar-refractivity contribution is -0.138. The third-order valence-corrected chi connectivity index (χ3v) is 7.67. The molecule has 0 aromatic rings. The molecule has 15 heteroatoms. The van der Waals surface area contributed by atoms with Crippen molar-refractivity contribution < 1.29 is 33.6 Å². The largest absolute Gasteiger partial charge is 0.345 e. The van der Waals surface area contributed by atoms with Crippen LogP contribution in [0.1, 0.15) is 78.6 Å². The molecule has 0 bridgehead atoms. The van der Waals surface area contributed by atoms with Gasteiger partial charge in [-0.2, -0.15) is 12.6 Å². The van der Waals surface area contributed by atoms with Gasteiger partial charge in [0.25, 0.3) is 0 Å². The van der Waals surface area contributed by atoms with E-state index < -0.39 is 35.2 Å². The molecule has 2 radical (unpaired) electrons. The fourth-order valence-corrected chi connectivity index (χ4v) is 4.94. The van der Waals surface area contributed by atoms with E-state index in [0.29, 0.717) is 38.1 Å². The number of rotatable bonds is 20. The van der Waals surface area contributed by atoms with Gasteiger partial charge >= 0.3 is 0 Å². The summed E-state index contributed by atoms with van der Waals surface area (Å²) in [5.41, 5.74) is -0.308. The Labute approximate surface area is 252 Å². The van der Waals surface area contributed by atoms with Gasteiger partial charge in [-0.25, -0.2) is 0 Å². The topological polar surface area (TPSA) is 171 Å². The maximum absolute atomic E-state index is 12.4. The van der Waals surface area contributed by atoms with Gasteiger partial charge in [-0.3, -0.25) is 33.7 Å². The Morgan fingerprint density at radius 1 is 0.854 bits per heavy atom. The third-order valence-electron chi connectivity index (χ3n) is 6.34. The number of carbonyl (C=O) groups excluding carboxylic acids is 7. The van der Waals surface area contributed by atoms with Crippen LogP contribution >= 0.6 is 24.4 Å². The number of unbranched alkanes of at least 4 members (excludes halogenated alkanes) is 4. The molecule has 6 amide bonds. The van der Waals surface area contributed by atoms with Crippen LogP contribution in [0.3, 0.4) is 0 Å². The molecule has 4 N–H and O–H groups in total. The highest BCUT2D eigenvalue weighted by molar-refractivity contribution is 7.99. The molecule has 228 valence electrons. The smallest absolute Gasteiger partial charge is 0.242 e. The van der Waals surface area contributed by atoms with Crippen molar-refractivity contribution in [1.82, 2.24) is 26.2 Å². The monoisotopic (exact) mass is 611 g/mol. The summed E-state index contributed by atoms with van der Waals surface area (Å²) in [6.45, 7) is 4.82. The summed E-state index contributed by atoms with van der Waals surface area (Å²) in [6.07, 6.45) is 4.91. The highest BCUT2D eigenvalue weighted by atomic mass is 32.2. The molecule has 4 atom stereocenters. The first kappa shape index (κ1) is 36.5. The molecule has 1 aliphatic rings. The summed E-state index contributed by atoms with van der Waals surface area (Å²) in [5, 5.41) is 9.82. The predicted molar refractivity (Wildman–Crippen MR) is 160 cm³/mol. The van der Waals surface area contributed by atoms with Gasteiger partial charge in [0.1, 0.15) is 18.1 Å². The van der Waals surface area contributed by atoms with E-state index in [1.807, 2.05) is 0 Å². The van der Waals surface area contributed by atoms with Crippen LogP contribution in [0.4, 0.5) is 0 Å². The molecule has 1 aliphatic heterocycles. The van der Waals surface area contributed by atoms with Crippen molar-refractivity contribution in [3.8, 4) is 0 Å². The van der Waals surface area contributed by atoms with E-state index >= 15 is 0 Å². The van der Waals surface area contributed by atoms with E-state index in [0.717, 1.165) is 25.0 Å². The molecule has 0 aromatic carbocycles. The molecular formula is C26H42BN5O7S2. The number of imide groups is 1. The Morgan fingerprint density at radius 3 is 2.00 bits per heavy atom. The average molecular weight is 612 g/mol. The molecule has 12 nitrogen and oxygen atoms in total. The molecule has 0 aliphatic carbocycles. The van der Waals surface area contributed by atoms with Crippen molar-refractivity contribution in [2.45, 2.75) is 102 Å². The van der Waals surface area contributed by atoms with Gasteiger partial charge in [0.2, 0.25) is 35.4 Å². The number of nitrogens with one attached hydrogen (secondary N) is 4. The second-order valence-corrected chi connectivity index (χ2v) is 11.8. The van der Waals surface area contributed by atoms with Gasteiger partial charge in [-0.1, -0.05) is 12.8 Å². The van der Waals surface area contributed by atoms with E-state index in [1.165, 1.54) is 37.4 Å². The van der Waals surface area contributed by atoms with Crippen LogP contribution in [-0.4, -0.2) is 95.4 Å². The highest BCUT2D eigenvalue weighted by Gasteiger charge is 2.35. The minimum atomic E-state index is -0.931. The molecule has 4 unspecified atom stereocenters. The maximum Gasteiger partial charge on any atom is 0.242 e. The predicted octanol–water partition coefficient (Wildman–Crippen LogP) is 0.181. The van der Waals surface area contributed by atoms with Crippen molar-refractivity contribution >= 4 is 73.4 Å². The molecule has 0 saturated carbocycles. The second kappa shape index (κ2) is 19.6. The number of carbonyl (C=O) groups is 7. The van der Waals surface area contributed by atoms with Crippen molar-refractivity contribution in [3.05, 3.63) is 0 Å².